The first-order valence-corrected chi connectivity index (χ1v) is 7.86. The molecule has 4 N–H and O–H groups in total. The summed E-state index contributed by atoms with van der Waals surface area (Å²) in [5.41, 5.74) is 5.47. The molecule has 1 rings (SSSR count). The van der Waals surface area contributed by atoms with Crippen LogP contribution in [0.4, 0.5) is 19.6 Å². The molecule has 0 aromatic carbocycles. The quantitative estimate of drug-likeness (QED) is 0.692. The molecular weight excluding hydrogens is 300 g/mol. The number of aliphatic hydroxyl groups is 1. The molecule has 0 amide bonds. The van der Waals surface area contributed by atoms with Crippen molar-refractivity contribution in [2.75, 3.05) is 30.0 Å². The summed E-state index contributed by atoms with van der Waals surface area (Å²) >= 11 is 0.700. The van der Waals surface area contributed by atoms with Crippen molar-refractivity contribution in [2.45, 2.75) is 24.2 Å². The summed E-state index contributed by atoms with van der Waals surface area (Å²) in [6.45, 7) is -0.536. The minimum absolute atomic E-state index is 0.0286. The van der Waals surface area contributed by atoms with Crippen LogP contribution in [0.15, 0.2) is 4.90 Å². The minimum atomic E-state index is -3.65. The van der Waals surface area contributed by atoms with Crippen LogP contribution in [-0.4, -0.2) is 42.7 Å². The molecule has 0 aliphatic carbocycles. The van der Waals surface area contributed by atoms with Crippen LogP contribution < -0.4 is 11.1 Å². The SMILES string of the molecule is CCCS(=O)(=O)c1c(N)nsc1NCC(F)(F)CO. The van der Waals surface area contributed by atoms with E-state index in [-0.39, 0.29) is 21.5 Å². The Bertz CT molecular complexity index is 531. The first-order chi connectivity index (χ1) is 8.73. The summed E-state index contributed by atoms with van der Waals surface area (Å²) in [6.07, 6.45) is 0.379. The number of alkyl halides is 2. The van der Waals surface area contributed by atoms with Gasteiger partial charge in [0.2, 0.25) is 0 Å². The van der Waals surface area contributed by atoms with Crippen LogP contribution in [0, 0.1) is 0 Å². The van der Waals surface area contributed by atoms with E-state index in [2.05, 4.69) is 9.69 Å². The molecule has 0 aliphatic rings. The normalized spacial score (nSPS) is 12.6. The Morgan fingerprint density at radius 3 is 2.68 bits per heavy atom. The van der Waals surface area contributed by atoms with E-state index in [0.29, 0.717) is 18.0 Å². The van der Waals surface area contributed by atoms with E-state index in [1.165, 1.54) is 0 Å². The molecule has 0 saturated heterocycles. The monoisotopic (exact) mass is 315 g/mol. The van der Waals surface area contributed by atoms with Crippen molar-refractivity contribution in [3.05, 3.63) is 0 Å². The van der Waals surface area contributed by atoms with Gasteiger partial charge in [-0.2, -0.15) is 4.37 Å². The smallest absolute Gasteiger partial charge is 0.287 e. The average Bonchev–Trinajstić information content (AvgIpc) is 2.69. The first-order valence-electron chi connectivity index (χ1n) is 5.44. The summed E-state index contributed by atoms with van der Waals surface area (Å²) in [4.78, 5) is -0.243. The van der Waals surface area contributed by atoms with Gasteiger partial charge >= 0.3 is 0 Å². The third kappa shape index (κ3) is 3.98. The summed E-state index contributed by atoms with van der Waals surface area (Å²) in [7, 11) is -3.65. The number of halogens is 2. The molecule has 0 unspecified atom stereocenters. The number of sulfone groups is 1. The third-order valence-electron chi connectivity index (χ3n) is 2.20. The van der Waals surface area contributed by atoms with Crippen molar-refractivity contribution in [3.8, 4) is 0 Å². The predicted octanol–water partition coefficient (Wildman–Crippen LogP) is 0.948. The van der Waals surface area contributed by atoms with Crippen LogP contribution in [-0.2, 0) is 9.84 Å². The lowest BCUT2D eigenvalue weighted by atomic mass is 10.3. The zero-order valence-electron chi connectivity index (χ0n) is 10.2. The molecule has 0 spiro atoms. The van der Waals surface area contributed by atoms with Crippen LogP contribution in [0.5, 0.6) is 0 Å². The fourth-order valence-electron chi connectivity index (χ4n) is 1.34. The molecule has 19 heavy (non-hydrogen) atoms. The van der Waals surface area contributed by atoms with Gasteiger partial charge in [-0.25, -0.2) is 17.2 Å². The molecule has 6 nitrogen and oxygen atoms in total. The molecule has 10 heteroatoms. The van der Waals surface area contributed by atoms with Crippen molar-refractivity contribution < 1.29 is 22.3 Å². The highest BCUT2D eigenvalue weighted by Crippen LogP contribution is 2.33. The number of nitrogens with one attached hydrogen (secondary N) is 1. The molecule has 1 aromatic rings. The second-order valence-electron chi connectivity index (χ2n) is 3.91. The highest BCUT2D eigenvalue weighted by molar-refractivity contribution is 7.91. The molecule has 0 radical (unpaired) electrons. The maximum atomic E-state index is 12.9. The topological polar surface area (TPSA) is 105 Å². The van der Waals surface area contributed by atoms with Crippen molar-refractivity contribution >= 4 is 32.2 Å². The van der Waals surface area contributed by atoms with Gasteiger partial charge in [0.25, 0.3) is 5.92 Å². The third-order valence-corrected chi connectivity index (χ3v) is 5.13. The fourth-order valence-corrected chi connectivity index (χ4v) is 3.96. The predicted molar refractivity (Wildman–Crippen MR) is 69.4 cm³/mol. The Labute approximate surface area is 113 Å². The molecule has 0 aliphatic heterocycles. The highest BCUT2D eigenvalue weighted by atomic mass is 32.2. The largest absolute Gasteiger partial charge is 0.390 e. The number of hydrogen-bond acceptors (Lipinski definition) is 7. The van der Waals surface area contributed by atoms with E-state index in [0.717, 1.165) is 0 Å². The Morgan fingerprint density at radius 2 is 2.16 bits per heavy atom. The van der Waals surface area contributed by atoms with Gasteiger partial charge in [-0.3, -0.25) is 0 Å². The van der Waals surface area contributed by atoms with Crippen LogP contribution >= 0.6 is 11.5 Å². The number of nitrogens with zero attached hydrogens (tertiary/aromatic N) is 1. The van der Waals surface area contributed by atoms with Crippen molar-refractivity contribution in [1.29, 1.82) is 0 Å². The van der Waals surface area contributed by atoms with Crippen molar-refractivity contribution in [2.24, 2.45) is 0 Å². The van der Waals surface area contributed by atoms with E-state index in [9.17, 15) is 17.2 Å². The van der Waals surface area contributed by atoms with Gasteiger partial charge < -0.3 is 16.2 Å². The highest BCUT2D eigenvalue weighted by Gasteiger charge is 2.30. The number of aromatic nitrogens is 1. The van der Waals surface area contributed by atoms with Gasteiger partial charge in [-0.1, -0.05) is 6.92 Å². The van der Waals surface area contributed by atoms with Crippen LogP contribution in [0.1, 0.15) is 13.3 Å². The number of aliphatic hydroxyl groups excluding tert-OH is 1. The summed E-state index contributed by atoms with van der Waals surface area (Å²) < 4.78 is 53.4. The van der Waals surface area contributed by atoms with E-state index < -0.39 is 28.9 Å². The molecule has 110 valence electrons. The van der Waals surface area contributed by atoms with Gasteiger partial charge in [0.05, 0.1) is 12.3 Å². The van der Waals surface area contributed by atoms with E-state index in [1.807, 2.05) is 0 Å². The maximum Gasteiger partial charge on any atom is 0.287 e. The Hall–Kier alpha value is -1.00. The van der Waals surface area contributed by atoms with E-state index in [4.69, 9.17) is 10.8 Å². The lowest BCUT2D eigenvalue weighted by Gasteiger charge is -2.14. The molecule has 0 bridgehead atoms. The Kier molecular flexibility index (Phi) is 5.04. The van der Waals surface area contributed by atoms with Gasteiger partial charge in [-0.05, 0) is 18.0 Å². The molecular formula is C9H15F2N3O3S2. The summed E-state index contributed by atoms with van der Waals surface area (Å²) in [6, 6.07) is 0. The second kappa shape index (κ2) is 5.97. The standard InChI is InChI=1S/C9H15F2N3O3S2/c1-2-3-19(16,17)6-7(12)14-18-8(6)13-4-9(10,11)5-15/h13,15H,2-5H2,1H3,(H2,12,14). The Morgan fingerprint density at radius 1 is 1.53 bits per heavy atom. The van der Waals surface area contributed by atoms with E-state index >= 15 is 0 Å². The van der Waals surface area contributed by atoms with Crippen molar-refractivity contribution in [1.82, 2.24) is 4.37 Å². The van der Waals surface area contributed by atoms with Gasteiger partial charge in [0.15, 0.2) is 15.7 Å². The van der Waals surface area contributed by atoms with Gasteiger partial charge in [0, 0.05) is 0 Å². The van der Waals surface area contributed by atoms with Gasteiger partial charge in [-0.15, -0.1) is 0 Å². The minimum Gasteiger partial charge on any atom is -0.390 e. The number of rotatable bonds is 7. The molecule has 1 heterocycles. The van der Waals surface area contributed by atoms with Crippen molar-refractivity contribution in [3.63, 3.8) is 0 Å². The van der Waals surface area contributed by atoms with E-state index in [1.54, 1.807) is 6.92 Å². The fraction of sp³-hybridized carbons (Fsp3) is 0.667. The average molecular weight is 315 g/mol. The number of nitrogen functional groups attached to an aromatic ring is 1. The zero-order valence-corrected chi connectivity index (χ0v) is 11.8. The molecule has 0 fully saturated rings. The molecule has 0 saturated carbocycles. The van der Waals surface area contributed by atoms with Gasteiger partial charge in [0.1, 0.15) is 16.5 Å². The lowest BCUT2D eigenvalue weighted by molar-refractivity contribution is -0.0372. The Balaban J connectivity index is 2.99. The number of anilines is 2. The first kappa shape index (κ1) is 16.1. The molecule has 1 aromatic heterocycles. The van der Waals surface area contributed by atoms with Crippen LogP contribution in [0.3, 0.4) is 0 Å². The summed E-state index contributed by atoms with van der Waals surface area (Å²) in [5, 5.41) is 10.7. The molecule has 0 atom stereocenters. The summed E-state index contributed by atoms with van der Waals surface area (Å²) in [5.74, 6) is -3.68. The zero-order chi connectivity index (χ0) is 14.7. The van der Waals surface area contributed by atoms with Crippen LogP contribution in [0.2, 0.25) is 0 Å². The number of hydrogen-bond donors (Lipinski definition) is 3. The second-order valence-corrected chi connectivity index (χ2v) is 6.73. The number of nitrogens with two attached hydrogens (primary N) is 1. The lowest BCUT2D eigenvalue weighted by Crippen LogP contribution is -2.31. The maximum absolute atomic E-state index is 12.9. The van der Waals surface area contributed by atoms with Crippen LogP contribution in [0.25, 0.3) is 0 Å².